The van der Waals surface area contributed by atoms with Crippen molar-refractivity contribution in [1.29, 1.82) is 5.26 Å². The average Bonchev–Trinajstić information content (AvgIpc) is 3.35. The number of likely N-dealkylation sites (tertiary alicyclic amines) is 1. The number of aromatic nitrogens is 2. The van der Waals surface area contributed by atoms with Gasteiger partial charge in [-0.1, -0.05) is 72.8 Å². The maximum Gasteiger partial charge on any atom is 0.0991 e. The van der Waals surface area contributed by atoms with Gasteiger partial charge in [0.15, 0.2) is 0 Å². The minimum absolute atomic E-state index is 0.385. The van der Waals surface area contributed by atoms with Crippen LogP contribution in [0.2, 0.25) is 0 Å². The highest BCUT2D eigenvalue weighted by Crippen LogP contribution is 2.28. The molecule has 0 N–H and O–H groups in total. The molecule has 0 aliphatic carbocycles. The molecular formula is C31H32N4. The predicted molar refractivity (Wildman–Crippen MR) is 140 cm³/mol. The smallest absolute Gasteiger partial charge is 0.0991 e. The summed E-state index contributed by atoms with van der Waals surface area (Å²) in [6, 6.07) is 31.9. The summed E-state index contributed by atoms with van der Waals surface area (Å²) in [6.45, 7) is 4.33. The Hall–Kier alpha value is -3.68. The van der Waals surface area contributed by atoms with E-state index < -0.39 is 0 Å². The van der Waals surface area contributed by atoms with E-state index >= 15 is 0 Å². The molecule has 0 amide bonds. The van der Waals surface area contributed by atoms with Crippen LogP contribution in [0, 0.1) is 17.2 Å². The van der Waals surface area contributed by atoms with Crippen molar-refractivity contribution in [3.63, 3.8) is 0 Å². The van der Waals surface area contributed by atoms with Crippen LogP contribution >= 0.6 is 0 Å². The van der Waals surface area contributed by atoms with Crippen molar-refractivity contribution in [1.82, 2.24) is 14.5 Å². The fourth-order valence-corrected chi connectivity index (χ4v) is 5.34. The minimum atomic E-state index is 0.385. The summed E-state index contributed by atoms with van der Waals surface area (Å²) in [7, 11) is 0. The van der Waals surface area contributed by atoms with Crippen LogP contribution in [0.3, 0.4) is 0 Å². The molecule has 0 spiro atoms. The van der Waals surface area contributed by atoms with Crippen LogP contribution in [0.1, 0.15) is 46.7 Å². The highest BCUT2D eigenvalue weighted by Gasteiger charge is 2.24. The van der Waals surface area contributed by atoms with Crippen LogP contribution in [-0.4, -0.2) is 34.1 Å². The molecule has 0 saturated carbocycles. The molecule has 4 aromatic rings. The first kappa shape index (κ1) is 23.1. The molecule has 4 heteroatoms. The van der Waals surface area contributed by atoms with Crippen LogP contribution in [0.5, 0.6) is 0 Å². The second-order valence-corrected chi connectivity index (χ2v) is 9.66. The molecule has 1 aliphatic rings. The first-order chi connectivity index (χ1) is 17.3. The Kier molecular flexibility index (Phi) is 7.36. The third-order valence-electron chi connectivity index (χ3n) is 7.17. The summed E-state index contributed by atoms with van der Waals surface area (Å²) >= 11 is 0. The Morgan fingerprint density at radius 1 is 0.914 bits per heavy atom. The Balaban J connectivity index is 1.26. The Morgan fingerprint density at radius 3 is 2.26 bits per heavy atom. The van der Waals surface area contributed by atoms with Crippen molar-refractivity contribution in [2.45, 2.75) is 31.7 Å². The molecule has 1 atom stereocenters. The zero-order valence-electron chi connectivity index (χ0n) is 20.1. The second-order valence-electron chi connectivity index (χ2n) is 9.66. The lowest BCUT2D eigenvalue weighted by Crippen LogP contribution is -2.39. The topological polar surface area (TPSA) is 44.9 Å². The lowest BCUT2D eigenvalue weighted by atomic mass is 9.89. The lowest BCUT2D eigenvalue weighted by molar-refractivity contribution is 0.158. The van der Waals surface area contributed by atoms with Gasteiger partial charge in [0.1, 0.15) is 0 Å². The quantitative estimate of drug-likeness (QED) is 0.329. The van der Waals surface area contributed by atoms with Crippen molar-refractivity contribution in [2.24, 2.45) is 5.92 Å². The van der Waals surface area contributed by atoms with E-state index in [1.54, 1.807) is 0 Å². The number of benzene rings is 3. The number of hydrogen-bond donors (Lipinski definition) is 0. The highest BCUT2D eigenvalue weighted by molar-refractivity contribution is 5.34. The van der Waals surface area contributed by atoms with Gasteiger partial charge in [-0.3, -0.25) is 0 Å². The third-order valence-corrected chi connectivity index (χ3v) is 7.17. The number of rotatable bonds is 8. The van der Waals surface area contributed by atoms with E-state index in [4.69, 9.17) is 5.26 Å². The number of nitriles is 1. The zero-order chi connectivity index (χ0) is 23.9. The zero-order valence-corrected chi connectivity index (χ0v) is 20.1. The largest absolute Gasteiger partial charge is 0.334 e. The maximum atomic E-state index is 9.05. The van der Waals surface area contributed by atoms with Crippen molar-refractivity contribution < 1.29 is 0 Å². The van der Waals surface area contributed by atoms with Crippen LogP contribution in [0.25, 0.3) is 0 Å². The van der Waals surface area contributed by atoms with Gasteiger partial charge in [0, 0.05) is 43.9 Å². The van der Waals surface area contributed by atoms with Gasteiger partial charge in [-0.2, -0.15) is 5.26 Å². The Morgan fingerprint density at radius 2 is 1.60 bits per heavy atom. The van der Waals surface area contributed by atoms with Crippen molar-refractivity contribution in [2.75, 3.05) is 19.6 Å². The van der Waals surface area contributed by atoms with E-state index in [2.05, 4.69) is 81.2 Å². The molecule has 1 fully saturated rings. The van der Waals surface area contributed by atoms with E-state index in [9.17, 15) is 0 Å². The van der Waals surface area contributed by atoms with Gasteiger partial charge < -0.3 is 9.47 Å². The minimum Gasteiger partial charge on any atom is -0.334 e. The maximum absolute atomic E-state index is 9.05. The van der Waals surface area contributed by atoms with Gasteiger partial charge in [-0.25, -0.2) is 4.98 Å². The van der Waals surface area contributed by atoms with Gasteiger partial charge >= 0.3 is 0 Å². The van der Waals surface area contributed by atoms with Crippen LogP contribution < -0.4 is 0 Å². The Labute approximate surface area is 208 Å². The first-order valence-corrected chi connectivity index (χ1v) is 12.6. The molecule has 3 aromatic carbocycles. The van der Waals surface area contributed by atoms with Gasteiger partial charge in [-0.15, -0.1) is 0 Å². The van der Waals surface area contributed by atoms with Crippen molar-refractivity contribution in [3.8, 4) is 6.07 Å². The fourth-order valence-electron chi connectivity index (χ4n) is 5.34. The summed E-state index contributed by atoms with van der Waals surface area (Å²) in [6.07, 6.45) is 7.30. The number of imidazole rings is 1. The van der Waals surface area contributed by atoms with E-state index in [0.29, 0.717) is 17.4 Å². The van der Waals surface area contributed by atoms with Gasteiger partial charge in [0.2, 0.25) is 0 Å². The first-order valence-electron chi connectivity index (χ1n) is 12.6. The molecular weight excluding hydrogens is 428 g/mol. The number of hydrogen-bond acceptors (Lipinski definition) is 3. The Bertz CT molecular complexity index is 1200. The molecule has 176 valence electrons. The van der Waals surface area contributed by atoms with Crippen LogP contribution in [-0.2, 0) is 13.0 Å². The fraction of sp³-hybridized carbons (Fsp3) is 0.290. The predicted octanol–water partition coefficient (Wildman–Crippen LogP) is 5.89. The summed E-state index contributed by atoms with van der Waals surface area (Å²) in [4.78, 5) is 7.12. The number of nitrogens with zero attached hydrogens (tertiary/aromatic N) is 4. The molecule has 4 nitrogen and oxygen atoms in total. The molecule has 5 rings (SSSR count). The van der Waals surface area contributed by atoms with Crippen molar-refractivity contribution in [3.05, 3.63) is 125 Å². The van der Waals surface area contributed by atoms with E-state index in [-0.39, 0.29) is 0 Å². The van der Waals surface area contributed by atoms with Crippen LogP contribution in [0.15, 0.2) is 97.5 Å². The SMILES string of the molecule is N#Cc1ccc(Cc2cncn2C[C@H]2CCCN(CC(c3ccccc3)c3ccccc3)C2)cc1. The molecule has 2 heterocycles. The van der Waals surface area contributed by atoms with Gasteiger partial charge in [0.05, 0.1) is 18.0 Å². The summed E-state index contributed by atoms with van der Waals surface area (Å²) in [5, 5.41) is 9.05. The summed E-state index contributed by atoms with van der Waals surface area (Å²) in [5.41, 5.74) is 5.93. The molecule has 0 unspecified atom stereocenters. The van der Waals surface area contributed by atoms with Gasteiger partial charge in [0.25, 0.3) is 0 Å². The molecule has 0 radical (unpaired) electrons. The molecule has 1 aromatic heterocycles. The van der Waals surface area contributed by atoms with Gasteiger partial charge in [-0.05, 0) is 54.1 Å². The molecule has 35 heavy (non-hydrogen) atoms. The monoisotopic (exact) mass is 460 g/mol. The lowest BCUT2D eigenvalue weighted by Gasteiger charge is -2.35. The van der Waals surface area contributed by atoms with Crippen molar-refractivity contribution >= 4 is 0 Å². The molecule has 1 saturated heterocycles. The summed E-state index contributed by atoms with van der Waals surface area (Å²) in [5.74, 6) is 1.00. The molecule has 1 aliphatic heterocycles. The highest BCUT2D eigenvalue weighted by atomic mass is 15.1. The molecule has 0 bridgehead atoms. The average molecular weight is 461 g/mol. The van der Waals surface area contributed by atoms with E-state index in [0.717, 1.165) is 32.6 Å². The van der Waals surface area contributed by atoms with E-state index in [1.165, 1.54) is 35.2 Å². The third kappa shape index (κ3) is 5.88. The number of piperidine rings is 1. The van der Waals surface area contributed by atoms with Crippen LogP contribution in [0.4, 0.5) is 0 Å². The second kappa shape index (κ2) is 11.2. The van der Waals surface area contributed by atoms with E-state index in [1.807, 2.05) is 36.8 Å². The summed E-state index contributed by atoms with van der Waals surface area (Å²) < 4.78 is 2.33. The standard InChI is InChI=1S/C31H32N4/c32-19-26-15-13-25(14-16-26)18-30-20-33-24-35(30)22-27-8-7-17-34(21-27)23-31(28-9-3-1-4-10-28)29-11-5-2-6-12-29/h1-6,9-16,20,24,27,31H,7-8,17-18,21-23H2/t27-/m0/s1. The normalized spacial score (nSPS) is 16.3.